The number of ether oxygens (including phenoxy) is 1. The van der Waals surface area contributed by atoms with Gasteiger partial charge in [-0.25, -0.2) is 9.59 Å². The number of anilines is 2. The number of carbonyl (C=O) groups excluding carboxylic acids is 1. The Morgan fingerprint density at radius 1 is 0.837 bits per heavy atom. The SMILES string of the molecule is CCN(CC)c1ccc2c(c1)[Si]1(CCCCC1)c1cc(N(CC)CC)ccc1C21OC(=O)c2cc(SC)c(C(=O)O)cc21. The van der Waals surface area contributed by atoms with Crippen molar-refractivity contribution in [1.29, 1.82) is 0 Å². The van der Waals surface area contributed by atoms with Gasteiger partial charge in [-0.2, -0.15) is 0 Å². The molecule has 0 atom stereocenters. The zero-order valence-electron chi connectivity index (χ0n) is 26.0. The van der Waals surface area contributed by atoms with Crippen LogP contribution in [0.4, 0.5) is 11.4 Å². The number of aromatic carboxylic acids is 1. The van der Waals surface area contributed by atoms with Crippen LogP contribution in [-0.4, -0.2) is 57.6 Å². The van der Waals surface area contributed by atoms with E-state index in [9.17, 15) is 14.7 Å². The van der Waals surface area contributed by atoms with Crippen molar-refractivity contribution in [2.24, 2.45) is 0 Å². The molecule has 0 radical (unpaired) electrons. The Labute approximate surface area is 260 Å². The molecule has 3 aliphatic heterocycles. The molecule has 3 aromatic rings. The van der Waals surface area contributed by atoms with Gasteiger partial charge in [-0.15, -0.1) is 11.8 Å². The summed E-state index contributed by atoms with van der Waals surface area (Å²) in [6, 6.07) is 19.3. The summed E-state index contributed by atoms with van der Waals surface area (Å²) in [6.45, 7) is 12.4. The highest BCUT2D eigenvalue weighted by atomic mass is 32.2. The molecule has 8 heteroatoms. The van der Waals surface area contributed by atoms with Gasteiger partial charge in [0.05, 0.1) is 11.1 Å². The predicted molar refractivity (Wildman–Crippen MR) is 179 cm³/mol. The van der Waals surface area contributed by atoms with Gasteiger partial charge in [0, 0.05) is 59.1 Å². The van der Waals surface area contributed by atoms with E-state index >= 15 is 0 Å². The second kappa shape index (κ2) is 11.4. The van der Waals surface area contributed by atoms with E-state index in [0.717, 1.165) is 37.3 Å². The number of esters is 1. The predicted octanol–water partition coefficient (Wildman–Crippen LogP) is 6.32. The van der Waals surface area contributed by atoms with Crippen molar-refractivity contribution in [3.05, 3.63) is 76.3 Å². The Morgan fingerprint density at radius 3 is 1.84 bits per heavy atom. The molecule has 3 aliphatic rings. The first-order chi connectivity index (χ1) is 20.8. The van der Waals surface area contributed by atoms with Crippen LogP contribution in [0, 0.1) is 0 Å². The number of carboxylic acid groups (broad SMARTS) is 1. The summed E-state index contributed by atoms with van der Waals surface area (Å²) in [6.07, 6.45) is 5.48. The molecule has 1 N–H and O–H groups in total. The van der Waals surface area contributed by atoms with Gasteiger partial charge < -0.3 is 19.6 Å². The van der Waals surface area contributed by atoms with Crippen molar-refractivity contribution < 1.29 is 19.4 Å². The molecule has 0 aliphatic carbocycles. The average Bonchev–Trinajstić information content (AvgIpc) is 3.32. The zero-order valence-corrected chi connectivity index (χ0v) is 27.8. The molecule has 226 valence electrons. The van der Waals surface area contributed by atoms with E-state index in [2.05, 4.69) is 73.9 Å². The molecule has 1 fully saturated rings. The fourth-order valence-corrected chi connectivity index (χ4v) is 14.4. The van der Waals surface area contributed by atoms with Crippen molar-refractivity contribution in [2.75, 3.05) is 42.2 Å². The van der Waals surface area contributed by atoms with Crippen LogP contribution in [0.2, 0.25) is 12.1 Å². The molecule has 0 amide bonds. The van der Waals surface area contributed by atoms with Crippen molar-refractivity contribution >= 4 is 53.5 Å². The topological polar surface area (TPSA) is 70.1 Å². The monoisotopic (exact) mass is 614 g/mol. The van der Waals surface area contributed by atoms with E-state index in [4.69, 9.17) is 4.74 Å². The summed E-state index contributed by atoms with van der Waals surface area (Å²) in [5.74, 6) is -1.38. The summed E-state index contributed by atoms with van der Waals surface area (Å²) in [4.78, 5) is 31.7. The van der Waals surface area contributed by atoms with Crippen LogP contribution >= 0.6 is 11.8 Å². The van der Waals surface area contributed by atoms with Gasteiger partial charge in [-0.3, -0.25) is 0 Å². The standard InChI is InChI=1S/C35H42N2O4SSi/c1-6-36(7-2)23-13-15-27-31(19-23)43(17-11-10-12-18-43)32-20-24(37(8-3)9-4)14-16-28(32)35(27)29-21-26(33(38)39)30(42-5)22-25(29)34(40)41-35/h13-16,19-22H,6-12,17-18H2,1-5H3,(H,38,39). The molecule has 43 heavy (non-hydrogen) atoms. The Kier molecular flexibility index (Phi) is 7.88. The molecule has 0 aromatic heterocycles. The quantitative estimate of drug-likeness (QED) is 0.181. The Bertz CT molecular complexity index is 1530. The summed E-state index contributed by atoms with van der Waals surface area (Å²) < 4.78 is 6.64. The highest BCUT2D eigenvalue weighted by molar-refractivity contribution is 7.98. The van der Waals surface area contributed by atoms with Crippen molar-refractivity contribution in [2.45, 2.75) is 69.5 Å². The number of hydrogen-bond donors (Lipinski definition) is 1. The molecule has 0 saturated carbocycles. The zero-order chi connectivity index (χ0) is 30.5. The van der Waals surface area contributed by atoms with Gasteiger partial charge in [0.25, 0.3) is 0 Å². The fourth-order valence-electron chi connectivity index (χ4n) is 8.05. The molecule has 6 nitrogen and oxygen atoms in total. The minimum atomic E-state index is -2.27. The summed E-state index contributed by atoms with van der Waals surface area (Å²) >= 11 is 1.34. The Balaban J connectivity index is 1.74. The number of carboxylic acids is 1. The molecular weight excluding hydrogens is 573 g/mol. The largest absolute Gasteiger partial charge is 0.478 e. The van der Waals surface area contributed by atoms with Gasteiger partial charge in [-0.05, 0) is 92.8 Å². The van der Waals surface area contributed by atoms with Crippen molar-refractivity contribution in [1.82, 2.24) is 0 Å². The molecule has 2 spiro atoms. The summed E-state index contributed by atoms with van der Waals surface area (Å²) in [7, 11) is -2.27. The molecule has 3 aromatic carbocycles. The van der Waals surface area contributed by atoms with Crippen LogP contribution in [-0.2, 0) is 10.3 Å². The van der Waals surface area contributed by atoms with Gasteiger partial charge in [-0.1, -0.05) is 31.4 Å². The van der Waals surface area contributed by atoms with Gasteiger partial charge in [0.15, 0.2) is 5.60 Å². The van der Waals surface area contributed by atoms with Gasteiger partial charge in [0.2, 0.25) is 0 Å². The average molecular weight is 615 g/mol. The lowest BCUT2D eigenvalue weighted by Gasteiger charge is -2.48. The molecule has 6 rings (SSSR count). The van der Waals surface area contributed by atoms with Crippen LogP contribution in [0.3, 0.4) is 0 Å². The highest BCUT2D eigenvalue weighted by Crippen LogP contribution is 2.52. The Morgan fingerprint density at radius 2 is 1.37 bits per heavy atom. The maximum Gasteiger partial charge on any atom is 0.340 e. The molecular formula is C35H42N2O4SSi. The van der Waals surface area contributed by atoms with Crippen LogP contribution in [0.1, 0.15) is 84.4 Å². The summed E-state index contributed by atoms with van der Waals surface area (Å²) in [5, 5.41) is 12.9. The lowest BCUT2D eigenvalue weighted by molar-refractivity contribution is 0.0255. The number of rotatable bonds is 8. The van der Waals surface area contributed by atoms with Gasteiger partial charge in [0.1, 0.15) is 8.07 Å². The Hall–Kier alpha value is -3.23. The first-order valence-electron chi connectivity index (χ1n) is 15.8. The lowest BCUT2D eigenvalue weighted by atomic mass is 9.78. The fraction of sp³-hybridized carbons (Fsp3) is 0.429. The van der Waals surface area contributed by atoms with E-state index in [1.807, 2.05) is 6.26 Å². The second-order valence-electron chi connectivity index (χ2n) is 11.9. The van der Waals surface area contributed by atoms with Crippen molar-refractivity contribution in [3.63, 3.8) is 0 Å². The molecule has 3 heterocycles. The normalized spacial score (nSPS) is 17.3. The van der Waals surface area contributed by atoms with E-state index in [1.165, 1.54) is 64.9 Å². The highest BCUT2D eigenvalue weighted by Gasteiger charge is 2.58. The number of carbonyl (C=O) groups is 2. The van der Waals surface area contributed by atoms with Crippen LogP contribution < -0.4 is 20.2 Å². The molecule has 1 saturated heterocycles. The number of hydrogen-bond acceptors (Lipinski definition) is 6. The van der Waals surface area contributed by atoms with Crippen LogP contribution in [0.5, 0.6) is 0 Å². The summed E-state index contributed by atoms with van der Waals surface area (Å²) in [5.41, 5.74) is 4.61. The lowest BCUT2D eigenvalue weighted by Crippen LogP contribution is -2.67. The second-order valence-corrected chi connectivity index (χ2v) is 17.0. The minimum Gasteiger partial charge on any atom is -0.478 e. The van der Waals surface area contributed by atoms with E-state index < -0.39 is 19.6 Å². The van der Waals surface area contributed by atoms with Crippen LogP contribution in [0.25, 0.3) is 0 Å². The number of benzene rings is 3. The maximum atomic E-state index is 13.8. The van der Waals surface area contributed by atoms with Gasteiger partial charge >= 0.3 is 11.9 Å². The number of thioether (sulfide) groups is 1. The third-order valence-corrected chi connectivity index (χ3v) is 16.3. The minimum absolute atomic E-state index is 0.210. The first-order valence-corrected chi connectivity index (χ1v) is 19.4. The van der Waals surface area contributed by atoms with Crippen molar-refractivity contribution in [3.8, 4) is 0 Å². The van der Waals surface area contributed by atoms with E-state index in [0.29, 0.717) is 16.0 Å². The number of fused-ring (bicyclic) bond motifs is 8. The van der Waals surface area contributed by atoms with Crippen LogP contribution in [0.15, 0.2) is 53.4 Å². The molecule has 0 bridgehead atoms. The third-order valence-electron chi connectivity index (χ3n) is 10.2. The van der Waals surface area contributed by atoms with E-state index in [1.54, 1.807) is 12.1 Å². The third kappa shape index (κ3) is 4.35. The smallest absolute Gasteiger partial charge is 0.340 e. The molecule has 0 unspecified atom stereocenters. The number of nitrogens with zero attached hydrogens (tertiary/aromatic N) is 2. The first kappa shape index (κ1) is 29.8. The van der Waals surface area contributed by atoms with E-state index in [-0.39, 0.29) is 11.5 Å². The maximum absolute atomic E-state index is 13.8.